The molecule has 1 saturated carbocycles. The van der Waals surface area contributed by atoms with Crippen LogP contribution in [-0.4, -0.2) is 114 Å². The number of halogens is 2. The van der Waals surface area contributed by atoms with E-state index < -0.39 is 49.9 Å². The maximum Gasteiger partial charge on any atom is 0.407 e. The zero-order valence-electron chi connectivity index (χ0n) is 36.6. The molecule has 0 saturated heterocycles. The maximum atomic E-state index is 15.4. The van der Waals surface area contributed by atoms with Crippen LogP contribution in [0.15, 0.2) is 72.9 Å². The second-order valence-corrected chi connectivity index (χ2v) is 24.0. The van der Waals surface area contributed by atoms with Gasteiger partial charge in [-0.05, 0) is 67.1 Å². The fraction of sp³-hybridized carbons (Fsp3) is 0.500. The highest BCUT2D eigenvalue weighted by atomic mass is 32.2. The Morgan fingerprint density at radius 3 is 2.38 bits per heavy atom. The SMILES string of the molecule is C[Si](C)(C)CCOC(=O)NCCCN(C(=O)CSCCC(=O)NCCNC(=O)CN1C(=O)C=CC1O)[C@@H](c1cc(-c2cc(F)ccc2F)cn1Cc1ccccc1)C1CCCCC1. The number of nitrogens with zero attached hydrogens (tertiary/aromatic N) is 3. The van der Waals surface area contributed by atoms with E-state index in [4.69, 9.17) is 4.74 Å². The Balaban J connectivity index is 1.30. The molecule has 0 radical (unpaired) electrons. The Bertz CT molecular complexity index is 2040. The molecule has 1 aromatic heterocycles. The highest BCUT2D eigenvalue weighted by molar-refractivity contribution is 7.99. The number of hydrogen-bond donors (Lipinski definition) is 4. The normalized spacial score (nSPS) is 15.9. The van der Waals surface area contributed by atoms with Gasteiger partial charge in [0, 0.05) is 82.1 Å². The van der Waals surface area contributed by atoms with Crippen LogP contribution >= 0.6 is 11.8 Å². The van der Waals surface area contributed by atoms with Crippen LogP contribution in [-0.2, 0) is 30.5 Å². The van der Waals surface area contributed by atoms with Crippen molar-refractivity contribution in [3.05, 3.63) is 95.8 Å². The Kier molecular flexibility index (Phi) is 18.8. The molecule has 0 spiro atoms. The quantitative estimate of drug-likeness (QED) is 0.0623. The molecule has 4 N–H and O–H groups in total. The molecule has 5 rings (SSSR count). The van der Waals surface area contributed by atoms with E-state index in [1.54, 1.807) is 0 Å². The lowest BCUT2D eigenvalue weighted by Gasteiger charge is -2.40. The molecule has 2 atom stereocenters. The third-order valence-corrected chi connectivity index (χ3v) is 13.8. The Morgan fingerprint density at radius 2 is 1.68 bits per heavy atom. The predicted octanol–water partition coefficient (Wildman–Crippen LogP) is 6.46. The molecule has 63 heavy (non-hydrogen) atoms. The van der Waals surface area contributed by atoms with Crippen LogP contribution in [0.1, 0.15) is 62.2 Å². The van der Waals surface area contributed by atoms with Crippen molar-refractivity contribution in [2.75, 3.05) is 50.8 Å². The van der Waals surface area contributed by atoms with Crippen molar-refractivity contribution in [3.8, 4) is 11.1 Å². The van der Waals surface area contributed by atoms with Crippen molar-refractivity contribution in [2.24, 2.45) is 5.92 Å². The predicted molar refractivity (Wildman–Crippen MR) is 243 cm³/mol. The fourth-order valence-electron chi connectivity index (χ4n) is 7.81. The molecule has 0 bridgehead atoms. The van der Waals surface area contributed by atoms with Crippen molar-refractivity contribution < 1.29 is 42.6 Å². The third kappa shape index (κ3) is 15.6. The minimum absolute atomic E-state index is 0.0747. The summed E-state index contributed by atoms with van der Waals surface area (Å²) in [5.74, 6) is -1.92. The number of aliphatic hydroxyl groups excluding tert-OH is 1. The molecule has 1 fully saturated rings. The van der Waals surface area contributed by atoms with Gasteiger partial charge in [-0.15, -0.1) is 0 Å². The largest absolute Gasteiger partial charge is 0.450 e. The first kappa shape index (κ1) is 49.0. The van der Waals surface area contributed by atoms with E-state index in [-0.39, 0.29) is 61.6 Å². The molecule has 5 amide bonds. The number of aromatic nitrogens is 1. The lowest BCUT2D eigenvalue weighted by atomic mass is 9.81. The topological polar surface area (TPSA) is 162 Å². The maximum absolute atomic E-state index is 15.4. The van der Waals surface area contributed by atoms with Gasteiger partial charge in [0.1, 0.15) is 24.4 Å². The van der Waals surface area contributed by atoms with Crippen molar-refractivity contribution in [1.82, 2.24) is 30.3 Å². The molecule has 2 aromatic carbocycles. The second kappa shape index (κ2) is 24.2. The first-order valence-electron chi connectivity index (χ1n) is 21.9. The van der Waals surface area contributed by atoms with E-state index in [0.717, 1.165) is 66.4 Å². The number of rotatable bonds is 23. The lowest BCUT2D eigenvalue weighted by molar-refractivity contribution is -0.137. The Hall–Kier alpha value is -5.00. The molecule has 2 heterocycles. The smallest absolute Gasteiger partial charge is 0.407 e. The summed E-state index contributed by atoms with van der Waals surface area (Å²) in [5, 5.41) is 18.0. The standard InChI is InChI=1S/C46H62F2N6O7SSi/c1-63(2,3)26-24-61-46(60)51-20-10-23-53(44(59)32-62-25-19-40(55)49-21-22-50-41(56)31-54-42(57)17-18-43(54)58)45(34-13-8-5-9-14-34)39-27-35(37-28-36(47)15-16-38(37)48)30-52(39)29-33-11-6-4-7-12-33/h4,6-7,11-12,15-18,27-28,30,34,42,45,57H,5,8-10,13-14,19-26,29,31-32H2,1-3H3,(H,49,55)(H,50,56)(H,51,60)/t42?,45-/m1/s1. The van der Waals surface area contributed by atoms with E-state index in [1.165, 1.54) is 30.0 Å². The second-order valence-electron chi connectivity index (χ2n) is 17.3. The van der Waals surface area contributed by atoms with Gasteiger partial charge in [0.25, 0.3) is 0 Å². The summed E-state index contributed by atoms with van der Waals surface area (Å²) < 4.78 is 37.4. The van der Waals surface area contributed by atoms with Crippen LogP contribution in [0.25, 0.3) is 11.1 Å². The summed E-state index contributed by atoms with van der Waals surface area (Å²) in [6, 6.07) is 15.6. The number of carbonyl (C=O) groups excluding carboxylic acids is 5. The monoisotopic (exact) mass is 908 g/mol. The van der Waals surface area contributed by atoms with Gasteiger partial charge < -0.3 is 40.2 Å². The van der Waals surface area contributed by atoms with Crippen LogP contribution in [0.5, 0.6) is 0 Å². The number of nitrogens with one attached hydrogen (secondary N) is 3. The van der Waals surface area contributed by atoms with E-state index in [9.17, 15) is 33.5 Å². The van der Waals surface area contributed by atoms with Gasteiger partial charge in [-0.1, -0.05) is 69.2 Å². The van der Waals surface area contributed by atoms with Crippen LogP contribution < -0.4 is 16.0 Å². The molecular weight excluding hydrogens is 847 g/mol. The van der Waals surface area contributed by atoms with Crippen LogP contribution in [0, 0.1) is 17.6 Å². The molecule has 2 aliphatic rings. The molecule has 17 heteroatoms. The number of carbonyl (C=O) groups is 5. The van der Waals surface area contributed by atoms with E-state index in [1.807, 2.05) is 47.5 Å². The minimum atomic E-state index is -1.39. The summed E-state index contributed by atoms with van der Waals surface area (Å²) >= 11 is 1.33. The van der Waals surface area contributed by atoms with Crippen LogP contribution in [0.3, 0.4) is 0 Å². The summed E-state index contributed by atoms with van der Waals surface area (Å²) in [6.45, 7) is 7.99. The number of amides is 5. The fourth-order valence-corrected chi connectivity index (χ4v) is 9.33. The average Bonchev–Trinajstić information content (AvgIpc) is 3.80. The van der Waals surface area contributed by atoms with Crippen molar-refractivity contribution >= 4 is 49.6 Å². The Morgan fingerprint density at radius 1 is 0.952 bits per heavy atom. The number of alkyl carbamates (subject to hydrolysis) is 1. The number of benzene rings is 2. The number of aliphatic hydroxyl groups is 1. The summed E-state index contributed by atoms with van der Waals surface area (Å²) in [6.07, 6.45) is 8.07. The van der Waals surface area contributed by atoms with Gasteiger partial charge in [-0.25, -0.2) is 13.6 Å². The van der Waals surface area contributed by atoms with Gasteiger partial charge in [-0.2, -0.15) is 11.8 Å². The highest BCUT2D eigenvalue weighted by Crippen LogP contribution is 2.41. The molecule has 342 valence electrons. The third-order valence-electron chi connectivity index (χ3n) is 11.1. The van der Waals surface area contributed by atoms with Gasteiger partial charge in [0.2, 0.25) is 23.6 Å². The van der Waals surface area contributed by atoms with E-state index >= 15 is 4.39 Å². The van der Waals surface area contributed by atoms with E-state index in [2.05, 4.69) is 40.2 Å². The molecule has 1 aliphatic carbocycles. The minimum Gasteiger partial charge on any atom is -0.450 e. The van der Waals surface area contributed by atoms with Gasteiger partial charge in [0.15, 0.2) is 0 Å². The first-order valence-corrected chi connectivity index (χ1v) is 26.7. The lowest BCUT2D eigenvalue weighted by Crippen LogP contribution is -2.44. The Labute approximate surface area is 374 Å². The zero-order valence-corrected chi connectivity index (χ0v) is 38.4. The summed E-state index contributed by atoms with van der Waals surface area (Å²) in [4.78, 5) is 66.8. The highest BCUT2D eigenvalue weighted by Gasteiger charge is 2.35. The van der Waals surface area contributed by atoms with Gasteiger partial charge in [0.05, 0.1) is 18.4 Å². The van der Waals surface area contributed by atoms with Crippen molar-refractivity contribution in [3.63, 3.8) is 0 Å². The average molecular weight is 909 g/mol. The van der Waals surface area contributed by atoms with Crippen LogP contribution in [0.4, 0.5) is 13.6 Å². The van der Waals surface area contributed by atoms with Crippen molar-refractivity contribution in [1.29, 1.82) is 0 Å². The summed E-state index contributed by atoms with van der Waals surface area (Å²) in [7, 11) is -1.39. The number of hydrogen-bond acceptors (Lipinski definition) is 8. The van der Waals surface area contributed by atoms with Crippen molar-refractivity contribution in [2.45, 2.75) is 89.4 Å². The van der Waals surface area contributed by atoms with Gasteiger partial charge in [-0.3, -0.25) is 19.2 Å². The van der Waals surface area contributed by atoms with E-state index in [0.29, 0.717) is 37.4 Å². The number of ether oxygens (including phenoxy) is 1. The molecule has 1 unspecified atom stereocenters. The summed E-state index contributed by atoms with van der Waals surface area (Å²) in [5.41, 5.74) is 2.46. The molecule has 1 aliphatic heterocycles. The number of thioether (sulfide) groups is 1. The first-order chi connectivity index (χ1) is 30.2. The molecule has 13 nitrogen and oxygen atoms in total. The molecule has 3 aromatic rings. The molecular formula is C46H62F2N6O7SSi. The van der Waals surface area contributed by atoms with Gasteiger partial charge >= 0.3 is 6.09 Å². The zero-order chi connectivity index (χ0) is 45.4. The van der Waals surface area contributed by atoms with Crippen LogP contribution in [0.2, 0.25) is 25.7 Å².